The Morgan fingerprint density at radius 2 is 1.96 bits per heavy atom. The lowest BCUT2D eigenvalue weighted by molar-refractivity contribution is -0.155. The van der Waals surface area contributed by atoms with Crippen LogP contribution in [0.1, 0.15) is 51.9 Å². The fourth-order valence-electron chi connectivity index (χ4n) is 2.30. The van der Waals surface area contributed by atoms with Crippen molar-refractivity contribution in [1.29, 1.82) is 0 Å². The first-order chi connectivity index (χ1) is 12.5. The predicted molar refractivity (Wildman–Crippen MR) is 103 cm³/mol. The van der Waals surface area contributed by atoms with Crippen molar-refractivity contribution >= 4 is 5.97 Å². The minimum atomic E-state index is -1.09. The normalized spacial score (nSPS) is 14.3. The Hall–Kier alpha value is -1.61. The van der Waals surface area contributed by atoms with Gasteiger partial charge in [-0.2, -0.15) is 0 Å². The summed E-state index contributed by atoms with van der Waals surface area (Å²) < 4.78 is 9.77. The lowest BCUT2D eigenvalue weighted by Crippen LogP contribution is -2.29. The second-order valence-electron chi connectivity index (χ2n) is 6.38. The largest absolute Gasteiger partial charge is 0.460 e. The first kappa shape index (κ1) is 24.4. The molecule has 26 heavy (non-hydrogen) atoms. The quantitative estimate of drug-likeness (QED) is 0.214. The molecule has 0 aliphatic rings. The van der Waals surface area contributed by atoms with Gasteiger partial charge in [0.15, 0.2) is 0 Å². The molecule has 1 unspecified atom stereocenters. The Bertz CT molecular complexity index is 461. The van der Waals surface area contributed by atoms with Crippen LogP contribution < -0.4 is 0 Å². The second-order valence-corrected chi connectivity index (χ2v) is 6.38. The number of carbonyl (C=O) groups is 1. The van der Waals surface area contributed by atoms with Crippen LogP contribution in [0.3, 0.4) is 0 Å². The highest BCUT2D eigenvalue weighted by Gasteiger charge is 2.17. The van der Waals surface area contributed by atoms with Gasteiger partial charge in [-0.15, -0.1) is 6.58 Å². The second kappa shape index (κ2) is 16.8. The topological polar surface area (TPSA) is 76.0 Å². The van der Waals surface area contributed by atoms with E-state index in [1.54, 1.807) is 6.08 Å². The highest BCUT2D eigenvalue weighted by atomic mass is 16.6. The molecule has 0 fully saturated rings. The number of allylic oxidation sites excluding steroid dienone is 3. The van der Waals surface area contributed by atoms with E-state index in [9.17, 15) is 4.79 Å². The molecule has 0 aromatic heterocycles. The number of unbranched alkanes of at least 4 members (excludes halogenated alkanes) is 3. The molecule has 2 N–H and O–H groups in total. The van der Waals surface area contributed by atoms with Crippen molar-refractivity contribution in [3.8, 4) is 11.8 Å². The first-order valence-corrected chi connectivity index (χ1v) is 9.30. The van der Waals surface area contributed by atoms with E-state index in [-0.39, 0.29) is 6.61 Å². The number of aliphatic hydroxyl groups excluding tert-OH is 2. The third-order valence-corrected chi connectivity index (χ3v) is 3.92. The number of methoxy groups -OCH3 is 1. The van der Waals surface area contributed by atoms with Gasteiger partial charge in [0.1, 0.15) is 12.7 Å². The van der Waals surface area contributed by atoms with Gasteiger partial charge in [0.05, 0.1) is 6.61 Å². The highest BCUT2D eigenvalue weighted by molar-refractivity contribution is 5.78. The molecule has 5 nitrogen and oxygen atoms in total. The van der Waals surface area contributed by atoms with Crippen LogP contribution in [0, 0.1) is 17.8 Å². The molecule has 3 atom stereocenters. The van der Waals surface area contributed by atoms with Crippen LogP contribution in [0.25, 0.3) is 0 Å². The van der Waals surface area contributed by atoms with Crippen LogP contribution in [0.2, 0.25) is 0 Å². The van der Waals surface area contributed by atoms with Gasteiger partial charge in [-0.05, 0) is 37.7 Å². The molecule has 0 saturated carbocycles. The Kier molecular flexibility index (Phi) is 15.8. The molecule has 0 bridgehead atoms. The molecule has 0 amide bonds. The fraction of sp³-hybridized carbons (Fsp3) is 0.667. The van der Waals surface area contributed by atoms with Crippen LogP contribution in [0.4, 0.5) is 0 Å². The molecular formula is C21H34O5. The van der Waals surface area contributed by atoms with Crippen molar-refractivity contribution in [1.82, 2.24) is 0 Å². The summed E-state index contributed by atoms with van der Waals surface area (Å²) in [5, 5.41) is 17.8. The summed E-state index contributed by atoms with van der Waals surface area (Å²) in [5.41, 5.74) is 0. The maximum absolute atomic E-state index is 11.7. The SMILES string of the molecule is C=CCCCCC(C)CCC/C=C\C#C[C@H](OC)C(=O)OC[C@@H](O)CO. The number of carbonyl (C=O) groups excluding carboxylic acids is 1. The van der Waals surface area contributed by atoms with Gasteiger partial charge >= 0.3 is 5.97 Å². The van der Waals surface area contributed by atoms with Crippen molar-refractivity contribution in [3.63, 3.8) is 0 Å². The van der Waals surface area contributed by atoms with Crippen molar-refractivity contribution in [2.24, 2.45) is 5.92 Å². The van der Waals surface area contributed by atoms with Crippen LogP contribution in [0.5, 0.6) is 0 Å². The zero-order valence-corrected chi connectivity index (χ0v) is 16.2. The number of esters is 1. The molecule has 0 saturated heterocycles. The van der Waals surface area contributed by atoms with E-state index in [0.717, 1.165) is 25.2 Å². The third-order valence-electron chi connectivity index (χ3n) is 3.92. The molecular weight excluding hydrogens is 332 g/mol. The molecule has 0 heterocycles. The minimum Gasteiger partial charge on any atom is -0.460 e. The molecule has 0 aromatic carbocycles. The minimum absolute atomic E-state index is 0.279. The standard InChI is InChI=1S/C21H34O5/c1-4-5-6-10-13-18(2)14-11-8-7-9-12-15-20(25-3)21(24)26-17-19(23)16-22/h4,7,9,18-20,22-23H,1,5-6,8,10-11,13-14,16-17H2,2-3H3/b9-7-/t18?,19-,20-/m0/s1. The lowest BCUT2D eigenvalue weighted by atomic mass is 9.97. The number of rotatable bonds is 14. The van der Waals surface area contributed by atoms with E-state index in [2.05, 4.69) is 25.3 Å². The van der Waals surface area contributed by atoms with Gasteiger partial charge in [-0.3, -0.25) is 0 Å². The monoisotopic (exact) mass is 366 g/mol. The van der Waals surface area contributed by atoms with Crippen LogP contribution in [0.15, 0.2) is 24.8 Å². The van der Waals surface area contributed by atoms with Gasteiger partial charge in [-0.1, -0.05) is 50.2 Å². The van der Waals surface area contributed by atoms with Crippen molar-refractivity contribution < 1.29 is 24.5 Å². The lowest BCUT2D eigenvalue weighted by Gasteiger charge is -2.11. The Balaban J connectivity index is 3.97. The van der Waals surface area contributed by atoms with E-state index in [1.807, 2.05) is 12.2 Å². The Morgan fingerprint density at radius 3 is 2.62 bits per heavy atom. The summed E-state index contributed by atoms with van der Waals surface area (Å²) in [4.78, 5) is 11.7. The van der Waals surface area contributed by atoms with Gasteiger partial charge < -0.3 is 19.7 Å². The zero-order chi connectivity index (χ0) is 19.6. The number of hydrogen-bond donors (Lipinski definition) is 2. The molecule has 0 rings (SSSR count). The maximum Gasteiger partial charge on any atom is 0.348 e. The van der Waals surface area contributed by atoms with E-state index in [0.29, 0.717) is 0 Å². The molecule has 5 heteroatoms. The molecule has 0 aliphatic carbocycles. The van der Waals surface area contributed by atoms with Crippen LogP contribution in [-0.4, -0.2) is 48.7 Å². The molecule has 148 valence electrons. The number of ether oxygens (including phenoxy) is 2. The summed E-state index contributed by atoms with van der Waals surface area (Å²) in [6, 6.07) is 0. The number of hydrogen-bond acceptors (Lipinski definition) is 5. The van der Waals surface area contributed by atoms with Crippen LogP contribution >= 0.6 is 0 Å². The first-order valence-electron chi connectivity index (χ1n) is 9.30. The molecule has 0 aliphatic heterocycles. The summed E-state index contributed by atoms with van der Waals surface area (Å²) in [6.07, 6.45) is 11.7. The van der Waals surface area contributed by atoms with Gasteiger partial charge in [-0.25, -0.2) is 4.79 Å². The van der Waals surface area contributed by atoms with Crippen molar-refractivity contribution in [3.05, 3.63) is 24.8 Å². The average Bonchev–Trinajstić information content (AvgIpc) is 2.65. The smallest absolute Gasteiger partial charge is 0.348 e. The van der Waals surface area contributed by atoms with Gasteiger partial charge in [0.2, 0.25) is 6.10 Å². The molecule has 0 radical (unpaired) electrons. The van der Waals surface area contributed by atoms with E-state index in [1.165, 1.54) is 32.8 Å². The van der Waals surface area contributed by atoms with Gasteiger partial charge in [0, 0.05) is 7.11 Å². The Labute approximate surface area is 158 Å². The predicted octanol–water partition coefficient (Wildman–Crippen LogP) is 3.01. The molecule has 0 spiro atoms. The van der Waals surface area contributed by atoms with Crippen LogP contribution in [-0.2, 0) is 14.3 Å². The highest BCUT2D eigenvalue weighted by Crippen LogP contribution is 2.16. The average molecular weight is 366 g/mol. The summed E-state index contributed by atoms with van der Waals surface area (Å²) in [5.74, 6) is 5.50. The molecule has 0 aromatic rings. The fourth-order valence-corrected chi connectivity index (χ4v) is 2.30. The number of aliphatic hydroxyl groups is 2. The van der Waals surface area contributed by atoms with E-state index >= 15 is 0 Å². The third kappa shape index (κ3) is 13.7. The summed E-state index contributed by atoms with van der Waals surface area (Å²) >= 11 is 0. The summed E-state index contributed by atoms with van der Waals surface area (Å²) in [6.45, 7) is 5.28. The van der Waals surface area contributed by atoms with Crippen molar-refractivity contribution in [2.45, 2.75) is 64.1 Å². The van der Waals surface area contributed by atoms with E-state index < -0.39 is 24.8 Å². The maximum atomic E-state index is 11.7. The van der Waals surface area contributed by atoms with Gasteiger partial charge in [0.25, 0.3) is 0 Å². The Morgan fingerprint density at radius 1 is 1.23 bits per heavy atom. The summed E-state index contributed by atoms with van der Waals surface area (Å²) in [7, 11) is 1.36. The van der Waals surface area contributed by atoms with E-state index in [4.69, 9.17) is 19.7 Å². The zero-order valence-electron chi connectivity index (χ0n) is 16.2. The van der Waals surface area contributed by atoms with Crippen molar-refractivity contribution in [2.75, 3.05) is 20.3 Å².